The second-order valence-corrected chi connectivity index (χ2v) is 1.66. The summed E-state index contributed by atoms with van der Waals surface area (Å²) in [5.41, 5.74) is 0. The van der Waals surface area contributed by atoms with Crippen LogP contribution in [0.15, 0.2) is 0 Å². The number of phosphoric acid groups is 1. The normalized spacial score (nSPS) is 10.1. The molecule has 7 heavy (non-hydrogen) atoms. The van der Waals surface area contributed by atoms with Crippen molar-refractivity contribution < 1.29 is 36.0 Å². The Hall–Kier alpha value is 0.589. The predicted molar refractivity (Wildman–Crippen MR) is 12.9 cm³/mol. The molecule has 0 fully saturated rings. The van der Waals surface area contributed by atoms with Crippen molar-refractivity contribution in [2.45, 2.75) is 0 Å². The van der Waals surface area contributed by atoms with Crippen LogP contribution in [0.1, 0.15) is 0 Å². The average Bonchev–Trinajstić information content (AvgIpc) is 1.35. The zero-order valence-electron chi connectivity index (χ0n) is 3.04. The van der Waals surface area contributed by atoms with Gasteiger partial charge in [-0.3, -0.25) is 4.62 Å². The largest absolute Gasteiger partial charge is 2.00 e. The van der Waals surface area contributed by atoms with E-state index < -0.39 is 7.82 Å². The first-order valence-corrected chi connectivity index (χ1v) is 2.43. The number of rotatable bonds is 1. The van der Waals surface area contributed by atoms with Gasteiger partial charge in [-0.15, -0.1) is 0 Å². The topological polar surface area (TPSA) is 98.4 Å². The Balaban J connectivity index is 0. The number of hydrogen-bond acceptors (Lipinski definition) is 5. The maximum atomic E-state index is 9.12. The summed E-state index contributed by atoms with van der Waals surface area (Å²) in [6, 6.07) is 0. The Bertz CT molecular complexity index is 75.8. The molecular weight excluding hydrogens is 164 g/mol. The summed E-state index contributed by atoms with van der Waals surface area (Å²) >= 11 is 0. The minimum absolute atomic E-state index is 0. The first-order valence-electron chi connectivity index (χ1n) is 0.966. The molecule has 0 aromatic carbocycles. The van der Waals surface area contributed by atoms with Crippen molar-refractivity contribution in [2.75, 3.05) is 0 Å². The molecule has 1 radical (unpaired) electrons. The molecule has 0 aromatic heterocycles. The molecule has 0 aliphatic heterocycles. The molecule has 43 valence electrons. The minimum Gasteiger partial charge on any atom is -0.788 e. The maximum absolute atomic E-state index is 9.12. The van der Waals surface area contributed by atoms with Crippen LogP contribution in [0.2, 0.25) is 0 Å². The van der Waals surface area contributed by atoms with Crippen LogP contribution in [-0.4, -0.2) is 0 Å². The van der Waals surface area contributed by atoms with Crippen LogP contribution in [0.3, 0.4) is 0 Å². The van der Waals surface area contributed by atoms with E-state index in [-0.39, 0.29) is 17.1 Å². The van der Waals surface area contributed by atoms with Crippen LogP contribution in [0.25, 0.3) is 0 Å². The minimum atomic E-state index is -4.87. The zero-order chi connectivity index (χ0) is 5.21. The molecule has 7 heteroatoms. The Labute approximate surface area is 50.5 Å². The van der Waals surface area contributed by atoms with Gasteiger partial charge in [-0.2, -0.15) is 0 Å². The van der Waals surface area contributed by atoms with Crippen LogP contribution in [0.5, 0.6) is 0 Å². The molecule has 0 amide bonds. The summed E-state index contributed by atoms with van der Waals surface area (Å²) in [6.45, 7) is 0. The Kier molecular flexibility index (Phi) is 5.39. The zero-order valence-corrected chi connectivity index (χ0v) is 5.11. The van der Waals surface area contributed by atoms with Crippen LogP contribution in [0, 0.1) is 0 Å². The smallest absolute Gasteiger partial charge is 0.788 e. The van der Waals surface area contributed by atoms with Gasteiger partial charge in [0.05, 0.1) is 7.82 Å². The van der Waals surface area contributed by atoms with Gasteiger partial charge in [-0.25, -0.2) is 5.90 Å². The van der Waals surface area contributed by atoms with Crippen molar-refractivity contribution in [1.29, 1.82) is 0 Å². The third kappa shape index (κ3) is 10.8. The van der Waals surface area contributed by atoms with Crippen LogP contribution < -0.4 is 15.7 Å². The summed E-state index contributed by atoms with van der Waals surface area (Å²) in [6.07, 6.45) is 0. The second-order valence-electron chi connectivity index (χ2n) is 0.553. The van der Waals surface area contributed by atoms with Crippen molar-refractivity contribution in [3.05, 3.63) is 0 Å². The predicted octanol–water partition coefficient (Wildman–Crippen LogP) is -2.30. The summed E-state index contributed by atoms with van der Waals surface area (Å²) in [4.78, 5) is 18.2. The summed E-state index contributed by atoms with van der Waals surface area (Å²) in [5, 5.41) is 0. The molecule has 0 saturated carbocycles. The molecule has 0 spiro atoms. The van der Waals surface area contributed by atoms with E-state index in [0.717, 1.165) is 0 Å². The monoisotopic (exact) mass is 166 g/mol. The Morgan fingerprint density at radius 1 is 1.57 bits per heavy atom. The van der Waals surface area contributed by atoms with E-state index in [1.165, 1.54) is 0 Å². The van der Waals surface area contributed by atoms with Gasteiger partial charge < -0.3 is 14.4 Å². The van der Waals surface area contributed by atoms with Crippen molar-refractivity contribution in [1.82, 2.24) is 0 Å². The fraction of sp³-hybridized carbons (Fsp3) is 0. The molecule has 0 bridgehead atoms. The average molecular weight is 166 g/mol. The van der Waals surface area contributed by atoms with E-state index in [2.05, 4.69) is 10.5 Å². The molecule has 0 aliphatic rings. The van der Waals surface area contributed by atoms with Crippen molar-refractivity contribution >= 4 is 7.82 Å². The Morgan fingerprint density at radius 2 is 1.71 bits per heavy atom. The van der Waals surface area contributed by atoms with Crippen molar-refractivity contribution in [3.63, 3.8) is 0 Å². The van der Waals surface area contributed by atoms with E-state index in [4.69, 9.17) is 14.4 Å². The van der Waals surface area contributed by atoms with Crippen LogP contribution in [-0.2, 0) is 26.3 Å². The molecule has 0 heterocycles. The molecule has 0 aromatic rings. The fourth-order valence-electron chi connectivity index (χ4n) is 0. The third-order valence-corrected chi connectivity index (χ3v) is 0.387. The second kappa shape index (κ2) is 3.57. The van der Waals surface area contributed by atoms with E-state index in [0.29, 0.717) is 0 Å². The van der Waals surface area contributed by atoms with Gasteiger partial charge in [0, 0.05) is 0 Å². The first kappa shape index (κ1) is 10.5. The van der Waals surface area contributed by atoms with Crippen LogP contribution in [0.4, 0.5) is 0 Å². The SMILES string of the molecule is NOP(=O)([O-])[O-].[Mn+2]. The van der Waals surface area contributed by atoms with Gasteiger partial charge in [-0.05, 0) is 0 Å². The molecule has 5 nitrogen and oxygen atoms in total. The molecule has 0 saturated heterocycles. The van der Waals surface area contributed by atoms with Gasteiger partial charge in [0.25, 0.3) is 0 Å². The molecular formula is H2MnNO4P. The molecule has 2 N–H and O–H groups in total. The molecule has 0 rings (SSSR count). The van der Waals surface area contributed by atoms with E-state index in [1.54, 1.807) is 0 Å². The fourth-order valence-corrected chi connectivity index (χ4v) is 0. The van der Waals surface area contributed by atoms with Crippen molar-refractivity contribution in [2.24, 2.45) is 5.90 Å². The van der Waals surface area contributed by atoms with Gasteiger partial charge >= 0.3 is 17.1 Å². The maximum Gasteiger partial charge on any atom is 2.00 e. The molecule has 0 atom stereocenters. The van der Waals surface area contributed by atoms with Crippen molar-refractivity contribution in [3.8, 4) is 0 Å². The molecule has 0 unspecified atom stereocenters. The van der Waals surface area contributed by atoms with E-state index in [9.17, 15) is 0 Å². The van der Waals surface area contributed by atoms with Gasteiger partial charge in [0.2, 0.25) is 0 Å². The molecule has 0 aliphatic carbocycles. The standard InChI is InChI=1S/Mn.H4NO4P/c;1-5-6(2,3)4/h;1H2,(H2,2,3,4)/q+2;/p-2. The van der Waals surface area contributed by atoms with Gasteiger partial charge in [0.1, 0.15) is 0 Å². The third-order valence-electron chi connectivity index (χ3n) is 0.129. The summed E-state index contributed by atoms with van der Waals surface area (Å²) in [5.74, 6) is 3.92. The van der Waals surface area contributed by atoms with Gasteiger partial charge in [-0.1, -0.05) is 0 Å². The van der Waals surface area contributed by atoms with E-state index in [1.807, 2.05) is 0 Å². The summed E-state index contributed by atoms with van der Waals surface area (Å²) < 4.78 is 12.0. The first-order chi connectivity index (χ1) is 2.56. The van der Waals surface area contributed by atoms with Crippen LogP contribution >= 0.6 is 7.82 Å². The van der Waals surface area contributed by atoms with Gasteiger partial charge in [0.15, 0.2) is 0 Å². The Morgan fingerprint density at radius 3 is 1.71 bits per heavy atom. The summed E-state index contributed by atoms with van der Waals surface area (Å²) in [7, 11) is -4.87. The van der Waals surface area contributed by atoms with E-state index >= 15 is 0 Å². The quantitative estimate of drug-likeness (QED) is 0.268. The number of nitrogens with two attached hydrogens (primary N) is 1. The number of hydrogen-bond donors (Lipinski definition) is 1.